The summed E-state index contributed by atoms with van der Waals surface area (Å²) in [7, 11) is 2.12. The molecule has 3 rings (SSSR count). The molecule has 0 saturated heterocycles. The summed E-state index contributed by atoms with van der Waals surface area (Å²) >= 11 is 0. The van der Waals surface area contributed by atoms with Crippen molar-refractivity contribution in [3.05, 3.63) is 42.2 Å². The van der Waals surface area contributed by atoms with Crippen LogP contribution < -0.4 is 5.73 Å². The average Bonchev–Trinajstić information content (AvgIpc) is 3.19. The van der Waals surface area contributed by atoms with Gasteiger partial charge in [0.15, 0.2) is 0 Å². The zero-order chi connectivity index (χ0) is 13.9. The zero-order valence-electron chi connectivity index (χ0n) is 12.2. The first-order chi connectivity index (χ1) is 9.78. The molecule has 1 heterocycles. The van der Waals surface area contributed by atoms with Gasteiger partial charge in [-0.05, 0) is 37.9 Å². The second-order valence-electron chi connectivity index (χ2n) is 5.52. The van der Waals surface area contributed by atoms with Gasteiger partial charge < -0.3 is 5.73 Å². The van der Waals surface area contributed by atoms with Crippen LogP contribution in [0.15, 0.2) is 36.5 Å². The molecule has 2 N–H and O–H groups in total. The Labute approximate surface area is 131 Å². The molecule has 2 aromatic rings. The number of nitrogens with zero attached hydrogens (tertiary/aromatic N) is 4. The summed E-state index contributed by atoms with van der Waals surface area (Å²) in [6.45, 7) is 1.51. The lowest BCUT2D eigenvalue weighted by Crippen LogP contribution is -2.39. The smallest absolute Gasteiger partial charge is 0.0971 e. The summed E-state index contributed by atoms with van der Waals surface area (Å²) in [5.41, 5.74) is 7.85. The Balaban J connectivity index is 0.00000161. The fourth-order valence-electron chi connectivity index (χ4n) is 2.64. The molecule has 1 aliphatic carbocycles. The van der Waals surface area contributed by atoms with Crippen molar-refractivity contribution in [2.75, 3.05) is 13.6 Å². The van der Waals surface area contributed by atoms with E-state index in [9.17, 15) is 0 Å². The minimum Gasteiger partial charge on any atom is -0.329 e. The third-order valence-corrected chi connectivity index (χ3v) is 3.91. The number of aromatic nitrogens is 3. The summed E-state index contributed by atoms with van der Waals surface area (Å²) in [6, 6.07) is 10.4. The highest BCUT2D eigenvalue weighted by atomic mass is 35.5. The monoisotopic (exact) mass is 307 g/mol. The van der Waals surface area contributed by atoms with E-state index in [4.69, 9.17) is 5.73 Å². The van der Waals surface area contributed by atoms with Gasteiger partial charge in [-0.3, -0.25) is 4.90 Å². The van der Waals surface area contributed by atoms with Crippen LogP contribution in [0.3, 0.4) is 0 Å². The van der Waals surface area contributed by atoms with Crippen LogP contribution in [0, 0.1) is 5.92 Å². The molecule has 1 aliphatic rings. The van der Waals surface area contributed by atoms with Gasteiger partial charge in [0, 0.05) is 19.1 Å². The summed E-state index contributed by atoms with van der Waals surface area (Å²) in [6.07, 6.45) is 4.45. The summed E-state index contributed by atoms with van der Waals surface area (Å²) < 4.78 is 0. The lowest BCUT2D eigenvalue weighted by atomic mass is 10.1. The fourth-order valence-corrected chi connectivity index (χ4v) is 2.64. The second-order valence-corrected chi connectivity index (χ2v) is 5.52. The number of benzene rings is 1. The number of halogens is 1. The van der Waals surface area contributed by atoms with Crippen LogP contribution in [0.2, 0.25) is 0 Å². The number of para-hydroxylation sites is 1. The van der Waals surface area contributed by atoms with E-state index in [0.717, 1.165) is 23.8 Å². The molecule has 1 saturated carbocycles. The van der Waals surface area contributed by atoms with Gasteiger partial charge in [0.05, 0.1) is 17.6 Å². The van der Waals surface area contributed by atoms with Crippen molar-refractivity contribution < 1.29 is 0 Å². The Morgan fingerprint density at radius 1 is 1.33 bits per heavy atom. The van der Waals surface area contributed by atoms with E-state index < -0.39 is 0 Å². The Hall–Kier alpha value is -1.43. The van der Waals surface area contributed by atoms with E-state index in [2.05, 4.69) is 22.1 Å². The maximum absolute atomic E-state index is 5.88. The Bertz CT molecular complexity index is 552. The third-order valence-electron chi connectivity index (χ3n) is 3.91. The molecule has 1 unspecified atom stereocenters. The summed E-state index contributed by atoms with van der Waals surface area (Å²) in [4.78, 5) is 3.98. The van der Waals surface area contributed by atoms with Crippen molar-refractivity contribution in [2.45, 2.75) is 25.4 Å². The van der Waals surface area contributed by atoms with Crippen molar-refractivity contribution >= 4 is 12.4 Å². The first-order valence-corrected chi connectivity index (χ1v) is 7.15. The Kier molecular flexibility index (Phi) is 5.33. The minimum absolute atomic E-state index is 0. The lowest BCUT2D eigenvalue weighted by molar-refractivity contribution is 0.213. The highest BCUT2D eigenvalue weighted by Gasteiger charge is 2.32. The fraction of sp³-hybridized carbons (Fsp3) is 0.467. The van der Waals surface area contributed by atoms with Gasteiger partial charge in [0.25, 0.3) is 0 Å². The SMILES string of the molecule is CN(Cc1cnn(-c2ccccc2)n1)C(CN)C1CC1.Cl. The molecular weight excluding hydrogens is 286 g/mol. The van der Waals surface area contributed by atoms with Crippen LogP contribution in [0.5, 0.6) is 0 Å². The topological polar surface area (TPSA) is 60.0 Å². The number of nitrogens with two attached hydrogens (primary N) is 1. The van der Waals surface area contributed by atoms with Gasteiger partial charge in [-0.1, -0.05) is 18.2 Å². The van der Waals surface area contributed by atoms with E-state index in [1.165, 1.54) is 12.8 Å². The maximum Gasteiger partial charge on any atom is 0.0971 e. The van der Waals surface area contributed by atoms with Gasteiger partial charge in [0.1, 0.15) is 0 Å². The Morgan fingerprint density at radius 3 is 2.67 bits per heavy atom. The minimum atomic E-state index is 0. The van der Waals surface area contributed by atoms with Crippen molar-refractivity contribution in [1.82, 2.24) is 19.9 Å². The second kappa shape index (κ2) is 7.02. The molecule has 0 bridgehead atoms. The third kappa shape index (κ3) is 3.81. The van der Waals surface area contributed by atoms with Crippen LogP contribution >= 0.6 is 12.4 Å². The van der Waals surface area contributed by atoms with Gasteiger partial charge in [-0.15, -0.1) is 12.4 Å². The van der Waals surface area contributed by atoms with Gasteiger partial charge in [-0.2, -0.15) is 15.0 Å². The van der Waals surface area contributed by atoms with E-state index >= 15 is 0 Å². The average molecular weight is 308 g/mol. The van der Waals surface area contributed by atoms with Crippen LogP contribution in [0.25, 0.3) is 5.69 Å². The molecule has 5 nitrogen and oxygen atoms in total. The molecule has 0 amide bonds. The molecule has 0 spiro atoms. The van der Waals surface area contributed by atoms with Crippen LogP contribution in [0.1, 0.15) is 18.5 Å². The number of hydrogen-bond donors (Lipinski definition) is 1. The van der Waals surface area contributed by atoms with Gasteiger partial charge >= 0.3 is 0 Å². The first kappa shape index (κ1) is 15.9. The summed E-state index contributed by atoms with van der Waals surface area (Å²) in [5, 5.41) is 8.87. The predicted octanol–water partition coefficient (Wildman–Crippen LogP) is 1.86. The molecule has 21 heavy (non-hydrogen) atoms. The van der Waals surface area contributed by atoms with E-state index in [1.54, 1.807) is 4.80 Å². The number of likely N-dealkylation sites (N-methyl/N-ethyl adjacent to an activating group) is 1. The number of rotatable bonds is 6. The quantitative estimate of drug-likeness (QED) is 0.885. The van der Waals surface area contributed by atoms with Crippen LogP contribution in [-0.4, -0.2) is 39.5 Å². The molecule has 1 atom stereocenters. The van der Waals surface area contributed by atoms with Crippen LogP contribution in [0.4, 0.5) is 0 Å². The predicted molar refractivity (Wildman–Crippen MR) is 85.6 cm³/mol. The van der Waals surface area contributed by atoms with Crippen molar-refractivity contribution in [2.24, 2.45) is 11.7 Å². The molecule has 1 fully saturated rings. The number of hydrogen-bond acceptors (Lipinski definition) is 4. The molecule has 1 aromatic heterocycles. The normalized spacial score (nSPS) is 15.8. The van der Waals surface area contributed by atoms with Crippen molar-refractivity contribution in [1.29, 1.82) is 0 Å². The van der Waals surface area contributed by atoms with E-state index in [1.807, 2.05) is 36.5 Å². The van der Waals surface area contributed by atoms with E-state index in [0.29, 0.717) is 12.6 Å². The maximum atomic E-state index is 5.88. The molecule has 6 heteroatoms. The molecule has 0 aliphatic heterocycles. The largest absolute Gasteiger partial charge is 0.329 e. The zero-order valence-corrected chi connectivity index (χ0v) is 13.0. The molecular formula is C15H22ClN5. The lowest BCUT2D eigenvalue weighted by Gasteiger charge is -2.25. The van der Waals surface area contributed by atoms with Gasteiger partial charge in [0.2, 0.25) is 0 Å². The highest BCUT2D eigenvalue weighted by molar-refractivity contribution is 5.85. The summed E-state index contributed by atoms with van der Waals surface area (Å²) in [5.74, 6) is 0.772. The molecule has 114 valence electrons. The van der Waals surface area contributed by atoms with Crippen molar-refractivity contribution in [3.63, 3.8) is 0 Å². The first-order valence-electron chi connectivity index (χ1n) is 7.15. The standard InChI is InChI=1S/C15H21N5.ClH/c1-19(15(9-16)12-7-8-12)11-13-10-17-20(18-13)14-5-3-2-4-6-14;/h2-6,10,12,15H,7-9,11,16H2,1H3;1H. The van der Waals surface area contributed by atoms with Crippen LogP contribution in [-0.2, 0) is 6.54 Å². The highest BCUT2D eigenvalue weighted by Crippen LogP contribution is 2.34. The van der Waals surface area contributed by atoms with Crippen molar-refractivity contribution in [3.8, 4) is 5.69 Å². The molecule has 0 radical (unpaired) electrons. The van der Waals surface area contributed by atoms with Gasteiger partial charge in [-0.25, -0.2) is 0 Å². The Morgan fingerprint density at radius 2 is 2.05 bits per heavy atom. The van der Waals surface area contributed by atoms with E-state index in [-0.39, 0.29) is 12.4 Å². The molecule has 1 aromatic carbocycles.